The molecule has 0 aromatic heterocycles. The average molecular weight is 397 g/mol. The molecule has 1 saturated heterocycles. The number of sulfonamides is 1. The van der Waals surface area contributed by atoms with Gasteiger partial charge in [-0.05, 0) is 31.4 Å². The van der Waals surface area contributed by atoms with Crippen molar-refractivity contribution in [2.75, 3.05) is 40.4 Å². The number of ether oxygens (including phenoxy) is 2. The van der Waals surface area contributed by atoms with Crippen LogP contribution in [0.5, 0.6) is 11.5 Å². The molecule has 27 heavy (non-hydrogen) atoms. The summed E-state index contributed by atoms with van der Waals surface area (Å²) < 4.78 is 38.1. The molecule has 0 radical (unpaired) electrons. The van der Waals surface area contributed by atoms with Gasteiger partial charge in [-0.2, -0.15) is 4.31 Å². The van der Waals surface area contributed by atoms with Gasteiger partial charge >= 0.3 is 0 Å². The van der Waals surface area contributed by atoms with E-state index in [4.69, 9.17) is 9.47 Å². The van der Waals surface area contributed by atoms with E-state index in [-0.39, 0.29) is 35.1 Å². The molecule has 1 aliphatic carbocycles. The summed E-state index contributed by atoms with van der Waals surface area (Å²) in [4.78, 5) is 14.8. The summed E-state index contributed by atoms with van der Waals surface area (Å²) in [7, 11) is -0.791. The van der Waals surface area contributed by atoms with Gasteiger partial charge in [-0.25, -0.2) is 8.42 Å². The molecule has 1 saturated carbocycles. The molecule has 0 atom stereocenters. The van der Waals surface area contributed by atoms with E-state index in [9.17, 15) is 13.2 Å². The standard InChI is InChI=1S/C19H28N2O5S/c1-4-19(8-5-9-19)18(22)20-10-12-21(13-11-20)27(23,24)17-14-15(25-2)6-7-16(17)26-3/h6-7,14H,4-5,8-13H2,1-3H3. The van der Waals surface area contributed by atoms with Crippen molar-refractivity contribution in [3.8, 4) is 11.5 Å². The molecule has 0 spiro atoms. The van der Waals surface area contributed by atoms with Crippen molar-refractivity contribution < 1.29 is 22.7 Å². The first kappa shape index (κ1) is 19.9. The van der Waals surface area contributed by atoms with Gasteiger partial charge in [-0.15, -0.1) is 0 Å². The Morgan fingerprint density at radius 1 is 1.11 bits per heavy atom. The second kappa shape index (κ2) is 7.67. The zero-order valence-corrected chi connectivity index (χ0v) is 17.0. The average Bonchev–Trinajstić information content (AvgIpc) is 2.67. The highest BCUT2D eigenvalue weighted by Crippen LogP contribution is 2.45. The van der Waals surface area contributed by atoms with Gasteiger partial charge in [0.25, 0.3) is 0 Å². The Morgan fingerprint density at radius 2 is 1.78 bits per heavy atom. The highest BCUT2D eigenvalue weighted by Gasteiger charge is 2.45. The second-order valence-corrected chi connectivity index (χ2v) is 9.11. The molecule has 0 bridgehead atoms. The van der Waals surface area contributed by atoms with Crippen LogP contribution >= 0.6 is 0 Å². The Morgan fingerprint density at radius 3 is 2.26 bits per heavy atom. The van der Waals surface area contributed by atoms with Crippen LogP contribution in [0, 0.1) is 5.41 Å². The van der Waals surface area contributed by atoms with Crippen LogP contribution < -0.4 is 9.47 Å². The van der Waals surface area contributed by atoms with Gasteiger partial charge in [0, 0.05) is 37.7 Å². The first-order chi connectivity index (χ1) is 12.9. The SMILES string of the molecule is CCC1(C(=O)N2CCN(S(=O)(=O)c3cc(OC)ccc3OC)CC2)CCC1. The van der Waals surface area contributed by atoms with E-state index in [1.165, 1.54) is 24.6 Å². The van der Waals surface area contributed by atoms with Crippen LogP contribution in [0.1, 0.15) is 32.6 Å². The van der Waals surface area contributed by atoms with Crippen LogP contribution in [0.25, 0.3) is 0 Å². The number of benzene rings is 1. The Hall–Kier alpha value is -1.80. The summed E-state index contributed by atoms with van der Waals surface area (Å²) in [5.41, 5.74) is -0.211. The molecular weight excluding hydrogens is 368 g/mol. The van der Waals surface area contributed by atoms with Crippen molar-refractivity contribution >= 4 is 15.9 Å². The van der Waals surface area contributed by atoms with Crippen LogP contribution in [-0.2, 0) is 14.8 Å². The minimum absolute atomic E-state index is 0.0909. The largest absolute Gasteiger partial charge is 0.497 e. The van der Waals surface area contributed by atoms with Gasteiger partial charge in [-0.1, -0.05) is 13.3 Å². The van der Waals surface area contributed by atoms with Crippen molar-refractivity contribution in [2.45, 2.75) is 37.5 Å². The molecule has 1 aromatic rings. The van der Waals surface area contributed by atoms with Crippen LogP contribution in [0.4, 0.5) is 0 Å². The highest BCUT2D eigenvalue weighted by atomic mass is 32.2. The topological polar surface area (TPSA) is 76.2 Å². The number of rotatable bonds is 6. The summed E-state index contributed by atoms with van der Waals surface area (Å²) in [5.74, 6) is 0.930. The third-order valence-electron chi connectivity index (χ3n) is 5.96. The van der Waals surface area contributed by atoms with Gasteiger partial charge < -0.3 is 14.4 Å². The maximum atomic E-state index is 13.1. The Balaban J connectivity index is 1.75. The predicted molar refractivity (Wildman–Crippen MR) is 101 cm³/mol. The lowest BCUT2D eigenvalue weighted by molar-refractivity contribution is -0.149. The molecule has 150 valence electrons. The van der Waals surface area contributed by atoms with Gasteiger partial charge in [0.05, 0.1) is 14.2 Å². The minimum atomic E-state index is -3.73. The molecule has 0 N–H and O–H groups in total. The monoisotopic (exact) mass is 396 g/mol. The number of methoxy groups -OCH3 is 2. The molecule has 1 heterocycles. The Bertz CT molecular complexity index is 791. The summed E-state index contributed by atoms with van der Waals surface area (Å²) in [5, 5.41) is 0. The number of nitrogens with zero attached hydrogens (tertiary/aromatic N) is 2. The first-order valence-corrected chi connectivity index (χ1v) is 10.8. The van der Waals surface area contributed by atoms with Gasteiger partial charge in [0.2, 0.25) is 15.9 Å². The summed E-state index contributed by atoms with van der Waals surface area (Å²) in [6.45, 7) is 3.48. The molecule has 8 heteroatoms. The van der Waals surface area contributed by atoms with Crippen molar-refractivity contribution in [3.63, 3.8) is 0 Å². The maximum Gasteiger partial charge on any atom is 0.247 e. The zero-order valence-electron chi connectivity index (χ0n) is 16.2. The number of hydrogen-bond acceptors (Lipinski definition) is 5. The number of carbonyl (C=O) groups is 1. The highest BCUT2D eigenvalue weighted by molar-refractivity contribution is 7.89. The van der Waals surface area contributed by atoms with E-state index in [0.717, 1.165) is 25.7 Å². The predicted octanol–water partition coefficient (Wildman–Crippen LogP) is 2.12. The Kier molecular flexibility index (Phi) is 5.67. The molecule has 2 fully saturated rings. The Labute approximate surface area is 161 Å². The molecule has 1 amide bonds. The lowest BCUT2D eigenvalue weighted by Gasteiger charge is -2.45. The minimum Gasteiger partial charge on any atom is -0.497 e. The van der Waals surface area contributed by atoms with Gasteiger partial charge in [0.1, 0.15) is 16.4 Å². The number of carbonyl (C=O) groups excluding carboxylic acids is 1. The third kappa shape index (κ3) is 3.52. The normalized spacial score (nSPS) is 20.0. The van der Waals surface area contributed by atoms with Gasteiger partial charge in [-0.3, -0.25) is 4.79 Å². The fourth-order valence-electron chi connectivity index (χ4n) is 3.91. The molecule has 2 aliphatic rings. The molecule has 1 aliphatic heterocycles. The fraction of sp³-hybridized carbons (Fsp3) is 0.632. The van der Waals surface area contributed by atoms with Crippen molar-refractivity contribution in [2.24, 2.45) is 5.41 Å². The first-order valence-electron chi connectivity index (χ1n) is 9.39. The van der Waals surface area contributed by atoms with Crippen LogP contribution in [0.2, 0.25) is 0 Å². The van der Waals surface area contributed by atoms with E-state index in [0.29, 0.717) is 18.8 Å². The second-order valence-electron chi connectivity index (χ2n) is 7.20. The smallest absolute Gasteiger partial charge is 0.247 e. The molecule has 1 aromatic carbocycles. The zero-order chi connectivity index (χ0) is 19.7. The van der Waals surface area contributed by atoms with Crippen LogP contribution in [0.3, 0.4) is 0 Å². The lowest BCUT2D eigenvalue weighted by atomic mass is 9.66. The number of piperazine rings is 1. The van der Waals surface area contributed by atoms with Crippen molar-refractivity contribution in [1.82, 2.24) is 9.21 Å². The molecule has 0 unspecified atom stereocenters. The molecule has 7 nitrogen and oxygen atoms in total. The molecular formula is C19H28N2O5S. The third-order valence-corrected chi connectivity index (χ3v) is 7.88. The van der Waals surface area contributed by atoms with Crippen LogP contribution in [-0.4, -0.2) is 63.9 Å². The van der Waals surface area contributed by atoms with E-state index in [2.05, 4.69) is 6.92 Å². The van der Waals surface area contributed by atoms with E-state index >= 15 is 0 Å². The summed E-state index contributed by atoms with van der Waals surface area (Å²) in [6.07, 6.45) is 3.85. The summed E-state index contributed by atoms with van der Waals surface area (Å²) >= 11 is 0. The maximum absolute atomic E-state index is 13.1. The van der Waals surface area contributed by atoms with Crippen LogP contribution in [0.15, 0.2) is 23.1 Å². The quantitative estimate of drug-likeness (QED) is 0.736. The van der Waals surface area contributed by atoms with E-state index in [1.807, 2.05) is 4.90 Å². The number of hydrogen-bond donors (Lipinski definition) is 0. The van der Waals surface area contributed by atoms with E-state index in [1.54, 1.807) is 12.1 Å². The van der Waals surface area contributed by atoms with E-state index < -0.39 is 10.0 Å². The van der Waals surface area contributed by atoms with Gasteiger partial charge in [0.15, 0.2) is 0 Å². The lowest BCUT2D eigenvalue weighted by Crippen LogP contribution is -2.55. The van der Waals surface area contributed by atoms with Crippen molar-refractivity contribution in [3.05, 3.63) is 18.2 Å². The molecule has 3 rings (SSSR count). The summed E-state index contributed by atoms with van der Waals surface area (Å²) in [6, 6.07) is 4.73. The fourth-order valence-corrected chi connectivity index (χ4v) is 5.51. The van der Waals surface area contributed by atoms with Crippen molar-refractivity contribution in [1.29, 1.82) is 0 Å². The number of amides is 1.